The summed E-state index contributed by atoms with van der Waals surface area (Å²) >= 11 is 0. The van der Waals surface area contributed by atoms with Gasteiger partial charge in [-0.1, -0.05) is 67.9 Å². The second-order valence-corrected chi connectivity index (χ2v) is 9.76. The number of aromatic nitrogens is 4. The Morgan fingerprint density at radius 1 is 1.06 bits per heavy atom. The van der Waals surface area contributed by atoms with E-state index in [0.717, 1.165) is 33.6 Å². The molecule has 1 aliphatic carbocycles. The van der Waals surface area contributed by atoms with Crippen LogP contribution in [0.5, 0.6) is 5.88 Å². The van der Waals surface area contributed by atoms with Crippen LogP contribution < -0.4 is 4.74 Å². The average molecular weight is 437 g/mol. The number of ketones is 1. The van der Waals surface area contributed by atoms with E-state index in [0.29, 0.717) is 30.2 Å². The summed E-state index contributed by atoms with van der Waals surface area (Å²) < 4.78 is 8.00. The van der Waals surface area contributed by atoms with Crippen molar-refractivity contribution in [2.75, 3.05) is 0 Å². The molecule has 6 nitrogen and oxygen atoms in total. The first-order chi connectivity index (χ1) is 15.9. The van der Waals surface area contributed by atoms with E-state index in [1.807, 2.05) is 43.3 Å². The predicted molar refractivity (Wildman–Crippen MR) is 125 cm³/mol. The first-order valence-corrected chi connectivity index (χ1v) is 11.2. The zero-order valence-electron chi connectivity index (χ0n) is 18.9. The van der Waals surface area contributed by atoms with Gasteiger partial charge in [0, 0.05) is 29.9 Å². The van der Waals surface area contributed by atoms with Crippen LogP contribution in [-0.4, -0.2) is 25.4 Å². The van der Waals surface area contributed by atoms with E-state index < -0.39 is 0 Å². The Hall–Kier alpha value is -3.80. The van der Waals surface area contributed by atoms with Crippen molar-refractivity contribution in [3.63, 3.8) is 0 Å². The third kappa shape index (κ3) is 3.25. The molecule has 6 rings (SSSR count). The Morgan fingerprint density at radius 3 is 2.67 bits per heavy atom. The number of Topliss-reactive ketones (excluding diaryl/α,β-unsaturated/α-hetero) is 1. The number of allylic oxidation sites excluding steroid dienone is 2. The van der Waals surface area contributed by atoms with Gasteiger partial charge in [-0.05, 0) is 24.0 Å². The summed E-state index contributed by atoms with van der Waals surface area (Å²) in [6.45, 7) is 6.26. The molecule has 2 aliphatic rings. The van der Waals surface area contributed by atoms with Crippen LogP contribution in [0.15, 0.2) is 72.3 Å². The minimum Gasteiger partial charge on any atom is -0.442 e. The highest BCUT2D eigenvalue weighted by atomic mass is 16.5. The van der Waals surface area contributed by atoms with Gasteiger partial charge in [-0.15, -0.1) is 5.10 Å². The van der Waals surface area contributed by atoms with Crippen LogP contribution >= 0.6 is 0 Å². The van der Waals surface area contributed by atoms with Crippen molar-refractivity contribution in [2.24, 2.45) is 5.41 Å². The van der Waals surface area contributed by atoms with Crippen molar-refractivity contribution in [1.82, 2.24) is 19.6 Å². The van der Waals surface area contributed by atoms with E-state index in [-0.39, 0.29) is 17.1 Å². The molecule has 0 spiro atoms. The van der Waals surface area contributed by atoms with Crippen LogP contribution in [0.1, 0.15) is 49.3 Å². The molecule has 0 amide bonds. The van der Waals surface area contributed by atoms with Gasteiger partial charge in [0.25, 0.3) is 0 Å². The lowest BCUT2D eigenvalue weighted by atomic mass is 9.70. The number of benzene rings is 2. The molecule has 164 valence electrons. The van der Waals surface area contributed by atoms with E-state index in [1.54, 1.807) is 10.8 Å². The number of rotatable bonds is 2. The van der Waals surface area contributed by atoms with Crippen LogP contribution in [-0.2, 0) is 4.79 Å². The fraction of sp³-hybridized carbons (Fsp3) is 0.259. The molecule has 4 aromatic rings. The molecule has 0 N–H and O–H groups in total. The summed E-state index contributed by atoms with van der Waals surface area (Å²) in [5.74, 6) is 1.69. The number of carbonyl (C=O) groups excluding carboxylic acids is 1. The summed E-state index contributed by atoms with van der Waals surface area (Å²) in [5.41, 5.74) is 5.14. The molecular formula is C27H24N4O2. The van der Waals surface area contributed by atoms with Crippen LogP contribution in [0.4, 0.5) is 0 Å². The van der Waals surface area contributed by atoms with E-state index in [9.17, 15) is 4.79 Å². The lowest BCUT2D eigenvalue weighted by Gasteiger charge is -2.37. The van der Waals surface area contributed by atoms with E-state index in [4.69, 9.17) is 14.8 Å². The summed E-state index contributed by atoms with van der Waals surface area (Å²) in [7, 11) is 0. The first-order valence-electron chi connectivity index (χ1n) is 11.2. The minimum atomic E-state index is -0.292. The topological polar surface area (TPSA) is 69.4 Å². The first kappa shape index (κ1) is 19.9. The van der Waals surface area contributed by atoms with Gasteiger partial charge in [-0.3, -0.25) is 4.79 Å². The monoisotopic (exact) mass is 436 g/mol. The molecular weight excluding hydrogens is 412 g/mol. The Kier molecular flexibility index (Phi) is 4.27. The summed E-state index contributed by atoms with van der Waals surface area (Å²) in [6, 6.07) is 18.2. The Labute approximate surface area is 192 Å². The maximum Gasteiger partial charge on any atom is 0.228 e. The largest absolute Gasteiger partial charge is 0.442 e. The number of aryl methyl sites for hydroxylation is 1. The fourth-order valence-corrected chi connectivity index (χ4v) is 5.03. The van der Waals surface area contributed by atoms with Crippen molar-refractivity contribution in [1.29, 1.82) is 0 Å². The maximum absolute atomic E-state index is 13.4. The summed E-state index contributed by atoms with van der Waals surface area (Å²) in [5, 5.41) is 4.69. The van der Waals surface area contributed by atoms with Gasteiger partial charge in [-0.25, -0.2) is 14.5 Å². The van der Waals surface area contributed by atoms with Crippen LogP contribution in [0.3, 0.4) is 0 Å². The van der Waals surface area contributed by atoms with Crippen molar-refractivity contribution < 1.29 is 9.53 Å². The second-order valence-electron chi connectivity index (χ2n) is 9.76. The number of fused-ring (bicyclic) bond motifs is 3. The fourth-order valence-electron chi connectivity index (χ4n) is 5.03. The molecule has 0 saturated heterocycles. The van der Waals surface area contributed by atoms with Gasteiger partial charge in [0.2, 0.25) is 5.88 Å². The number of nitrogens with zero attached hydrogens (tertiary/aromatic N) is 4. The van der Waals surface area contributed by atoms with E-state index in [1.165, 1.54) is 0 Å². The molecule has 3 heterocycles. The van der Waals surface area contributed by atoms with Crippen molar-refractivity contribution in [3.8, 4) is 17.3 Å². The van der Waals surface area contributed by atoms with Crippen molar-refractivity contribution in [3.05, 3.63) is 88.9 Å². The van der Waals surface area contributed by atoms with Gasteiger partial charge in [0.15, 0.2) is 17.3 Å². The molecule has 0 radical (unpaired) electrons. The predicted octanol–water partition coefficient (Wildman–Crippen LogP) is 5.27. The number of carbonyl (C=O) groups is 1. The van der Waals surface area contributed by atoms with Gasteiger partial charge >= 0.3 is 0 Å². The van der Waals surface area contributed by atoms with Crippen LogP contribution in [0.25, 0.3) is 17.0 Å². The van der Waals surface area contributed by atoms with E-state index >= 15 is 0 Å². The highest BCUT2D eigenvalue weighted by molar-refractivity contribution is 6.00. The third-order valence-electron chi connectivity index (χ3n) is 6.47. The molecule has 2 aromatic carbocycles. The second kappa shape index (κ2) is 7.10. The molecule has 0 bridgehead atoms. The number of ether oxygens (including phenoxy) is 1. The van der Waals surface area contributed by atoms with Crippen LogP contribution in [0, 0.1) is 12.3 Å². The highest BCUT2D eigenvalue weighted by Gasteiger charge is 2.43. The molecule has 6 heteroatoms. The summed E-state index contributed by atoms with van der Waals surface area (Å²) in [4.78, 5) is 22.9. The third-order valence-corrected chi connectivity index (χ3v) is 6.47. The molecule has 1 atom stereocenters. The average Bonchev–Trinajstić information content (AvgIpc) is 3.22. The lowest BCUT2D eigenvalue weighted by molar-refractivity contribution is -0.118. The Bertz CT molecular complexity index is 1450. The van der Waals surface area contributed by atoms with Gasteiger partial charge < -0.3 is 4.74 Å². The summed E-state index contributed by atoms with van der Waals surface area (Å²) in [6.07, 6.45) is 2.83. The zero-order chi connectivity index (χ0) is 22.7. The molecule has 0 unspecified atom stereocenters. The van der Waals surface area contributed by atoms with Crippen molar-refractivity contribution in [2.45, 2.75) is 39.5 Å². The molecule has 0 saturated carbocycles. The quantitative estimate of drug-likeness (QED) is 0.428. The number of hydrogen-bond acceptors (Lipinski definition) is 5. The zero-order valence-corrected chi connectivity index (χ0v) is 18.9. The lowest BCUT2D eigenvalue weighted by Crippen LogP contribution is -2.33. The molecule has 2 aromatic heterocycles. The normalized spacial score (nSPS) is 19.2. The highest BCUT2D eigenvalue weighted by Crippen LogP contribution is 2.50. The van der Waals surface area contributed by atoms with E-state index in [2.05, 4.69) is 37.0 Å². The van der Waals surface area contributed by atoms with Crippen molar-refractivity contribution >= 4 is 11.4 Å². The molecule has 0 fully saturated rings. The molecule has 33 heavy (non-hydrogen) atoms. The van der Waals surface area contributed by atoms with Gasteiger partial charge in [-0.2, -0.15) is 0 Å². The standard InChI is InChI=1S/C27H24N4O2/c1-16-8-7-11-18(12-16)24-29-25-23-21(17-9-5-4-6-10-17)22-19(32)13-27(2,3)14-20(22)33-26(23)28-15-31(25)30-24/h4-12,15,21H,13-14H2,1-3H3/t21-/m0/s1. The van der Waals surface area contributed by atoms with Gasteiger partial charge in [0.1, 0.15) is 12.1 Å². The SMILES string of the molecule is Cc1cccc(-c2nc3c4c(ncn3n2)OC2=C(C(=O)CC(C)(C)C2)[C@@H]4c2ccccc2)c1. The Morgan fingerprint density at radius 2 is 1.88 bits per heavy atom. The van der Waals surface area contributed by atoms with Gasteiger partial charge in [0.05, 0.1) is 5.56 Å². The maximum atomic E-state index is 13.4. The minimum absolute atomic E-state index is 0.126. The smallest absolute Gasteiger partial charge is 0.228 e. The number of hydrogen-bond donors (Lipinski definition) is 0. The molecule has 1 aliphatic heterocycles. The van der Waals surface area contributed by atoms with Crippen LogP contribution in [0.2, 0.25) is 0 Å². The Balaban J connectivity index is 1.60.